The molecule has 0 aromatic heterocycles. The molecule has 0 rings (SSSR count). The van der Waals surface area contributed by atoms with E-state index in [1.807, 2.05) is 13.8 Å². The summed E-state index contributed by atoms with van der Waals surface area (Å²) in [5.41, 5.74) is 0. The Labute approximate surface area is 84.9 Å². The molecule has 0 aliphatic carbocycles. The van der Waals surface area contributed by atoms with Gasteiger partial charge < -0.3 is 4.74 Å². The van der Waals surface area contributed by atoms with Gasteiger partial charge in [0.15, 0.2) is 9.84 Å². The number of carbonyl (C=O) groups is 1. The Morgan fingerprint density at radius 2 is 2.07 bits per heavy atom. The first-order chi connectivity index (χ1) is 6.41. The van der Waals surface area contributed by atoms with Gasteiger partial charge in [-0.3, -0.25) is 0 Å². The predicted octanol–water partition coefficient (Wildman–Crippen LogP) is 1.13. The van der Waals surface area contributed by atoms with Gasteiger partial charge in [-0.1, -0.05) is 20.3 Å². The van der Waals surface area contributed by atoms with Crippen LogP contribution in [0.15, 0.2) is 11.5 Å². The third kappa shape index (κ3) is 5.75. The number of rotatable bonds is 5. The Bertz CT molecular complexity index is 303. The maximum absolute atomic E-state index is 11.3. The van der Waals surface area contributed by atoms with E-state index in [1.54, 1.807) is 0 Å². The molecule has 1 unspecified atom stereocenters. The van der Waals surface area contributed by atoms with E-state index >= 15 is 0 Å². The lowest BCUT2D eigenvalue weighted by Gasteiger charge is -2.05. The van der Waals surface area contributed by atoms with E-state index in [0.717, 1.165) is 17.9 Å². The summed E-state index contributed by atoms with van der Waals surface area (Å²) in [6, 6.07) is 0. The number of hydrogen-bond donors (Lipinski definition) is 0. The molecule has 0 saturated carbocycles. The van der Waals surface area contributed by atoms with Crippen LogP contribution in [0.25, 0.3) is 0 Å². The van der Waals surface area contributed by atoms with E-state index in [1.165, 1.54) is 7.11 Å². The van der Waals surface area contributed by atoms with Crippen molar-refractivity contribution < 1.29 is 17.9 Å². The van der Waals surface area contributed by atoms with Crippen molar-refractivity contribution in [3.05, 3.63) is 11.5 Å². The highest BCUT2D eigenvalue weighted by atomic mass is 32.2. The van der Waals surface area contributed by atoms with Crippen molar-refractivity contribution in [2.75, 3.05) is 12.9 Å². The zero-order valence-corrected chi connectivity index (χ0v) is 9.50. The van der Waals surface area contributed by atoms with Crippen LogP contribution in [0.5, 0.6) is 0 Å². The molecule has 0 aromatic rings. The maximum Gasteiger partial charge on any atom is 0.331 e. The van der Waals surface area contributed by atoms with Crippen molar-refractivity contribution >= 4 is 15.8 Å². The second kappa shape index (κ2) is 5.80. The van der Waals surface area contributed by atoms with E-state index in [9.17, 15) is 13.2 Å². The summed E-state index contributed by atoms with van der Waals surface area (Å²) in [5, 5.41) is 0.908. The standard InChI is InChI=1S/C9H16O4S/c1-4-8(2)7-14(11,12)6-5-9(10)13-3/h5-6,8H,4,7H2,1-3H3/b6-5+. The summed E-state index contributed by atoms with van der Waals surface area (Å²) in [5.74, 6) is -0.489. The molecule has 82 valence electrons. The first-order valence-corrected chi connectivity index (χ1v) is 6.11. The highest BCUT2D eigenvalue weighted by molar-refractivity contribution is 7.94. The Kier molecular flexibility index (Phi) is 5.45. The zero-order valence-electron chi connectivity index (χ0n) is 8.69. The van der Waals surface area contributed by atoms with Gasteiger partial charge in [0.1, 0.15) is 0 Å². The number of sulfone groups is 1. The normalized spacial score (nSPS) is 14.2. The first-order valence-electron chi connectivity index (χ1n) is 4.40. The zero-order chi connectivity index (χ0) is 11.2. The van der Waals surface area contributed by atoms with Gasteiger partial charge in [-0.25, -0.2) is 13.2 Å². The molecule has 1 atom stereocenters. The van der Waals surface area contributed by atoms with Gasteiger partial charge in [-0.05, 0) is 5.92 Å². The number of methoxy groups -OCH3 is 1. The smallest absolute Gasteiger partial charge is 0.331 e. The molecule has 0 heterocycles. The Balaban J connectivity index is 4.35. The highest BCUT2D eigenvalue weighted by Gasteiger charge is 2.11. The topological polar surface area (TPSA) is 60.4 Å². The van der Waals surface area contributed by atoms with E-state index in [4.69, 9.17) is 0 Å². The molecule has 0 bridgehead atoms. The number of esters is 1. The van der Waals surface area contributed by atoms with Gasteiger partial charge in [0.2, 0.25) is 0 Å². The molecule has 0 N–H and O–H groups in total. The monoisotopic (exact) mass is 220 g/mol. The highest BCUT2D eigenvalue weighted by Crippen LogP contribution is 2.06. The van der Waals surface area contributed by atoms with Crippen LogP contribution in [0, 0.1) is 5.92 Å². The van der Waals surface area contributed by atoms with E-state index in [0.29, 0.717) is 0 Å². The average molecular weight is 220 g/mol. The summed E-state index contributed by atoms with van der Waals surface area (Å²) < 4.78 is 26.9. The van der Waals surface area contributed by atoms with Crippen molar-refractivity contribution in [3.8, 4) is 0 Å². The average Bonchev–Trinajstić information content (AvgIpc) is 2.13. The third-order valence-corrected chi connectivity index (χ3v) is 3.41. The molecular weight excluding hydrogens is 204 g/mol. The number of hydrogen-bond acceptors (Lipinski definition) is 4. The summed E-state index contributed by atoms with van der Waals surface area (Å²) in [4.78, 5) is 10.6. The minimum Gasteiger partial charge on any atom is -0.466 e. The fourth-order valence-corrected chi connectivity index (χ4v) is 2.26. The lowest BCUT2D eigenvalue weighted by atomic mass is 10.2. The van der Waals surface area contributed by atoms with E-state index < -0.39 is 15.8 Å². The molecule has 0 fully saturated rings. The SMILES string of the molecule is CCC(C)CS(=O)(=O)/C=C/C(=O)OC. The van der Waals surface area contributed by atoms with Gasteiger partial charge in [0, 0.05) is 11.5 Å². The molecule has 5 heteroatoms. The van der Waals surface area contributed by atoms with Gasteiger partial charge in [-0.15, -0.1) is 0 Å². The second-order valence-corrected chi connectivity index (χ2v) is 5.10. The Morgan fingerprint density at radius 1 is 1.50 bits per heavy atom. The lowest BCUT2D eigenvalue weighted by Crippen LogP contribution is -2.11. The van der Waals surface area contributed by atoms with Gasteiger partial charge >= 0.3 is 5.97 Å². The van der Waals surface area contributed by atoms with Gasteiger partial charge in [0.25, 0.3) is 0 Å². The van der Waals surface area contributed by atoms with Crippen molar-refractivity contribution in [3.63, 3.8) is 0 Å². The van der Waals surface area contributed by atoms with E-state index in [2.05, 4.69) is 4.74 Å². The molecule has 0 amide bonds. The van der Waals surface area contributed by atoms with Crippen molar-refractivity contribution in [1.82, 2.24) is 0 Å². The van der Waals surface area contributed by atoms with Crippen LogP contribution in [-0.2, 0) is 19.4 Å². The van der Waals surface area contributed by atoms with Gasteiger partial charge in [0.05, 0.1) is 12.9 Å². The summed E-state index contributed by atoms with van der Waals surface area (Å²) in [7, 11) is -2.08. The Hall–Kier alpha value is -0.840. The number of carbonyl (C=O) groups excluding carboxylic acids is 1. The largest absolute Gasteiger partial charge is 0.466 e. The minimum atomic E-state index is -3.28. The summed E-state index contributed by atoms with van der Waals surface area (Å²) in [6.45, 7) is 3.77. The van der Waals surface area contributed by atoms with Crippen LogP contribution in [0.3, 0.4) is 0 Å². The minimum absolute atomic E-state index is 0.0665. The molecule has 0 saturated heterocycles. The molecule has 0 aliphatic rings. The van der Waals surface area contributed by atoms with Crippen molar-refractivity contribution in [1.29, 1.82) is 0 Å². The second-order valence-electron chi connectivity index (χ2n) is 3.17. The lowest BCUT2D eigenvalue weighted by molar-refractivity contribution is -0.134. The van der Waals surface area contributed by atoms with Gasteiger partial charge in [-0.2, -0.15) is 0 Å². The summed E-state index contributed by atoms with van der Waals surface area (Å²) in [6.07, 6.45) is 1.73. The molecular formula is C9H16O4S. The number of ether oxygens (including phenoxy) is 1. The van der Waals surface area contributed by atoms with Crippen LogP contribution in [0.1, 0.15) is 20.3 Å². The van der Waals surface area contributed by atoms with Crippen LogP contribution in [-0.4, -0.2) is 27.2 Å². The molecule has 14 heavy (non-hydrogen) atoms. The van der Waals surface area contributed by atoms with Crippen molar-refractivity contribution in [2.24, 2.45) is 5.92 Å². The fourth-order valence-electron chi connectivity index (χ4n) is 0.797. The Morgan fingerprint density at radius 3 is 2.50 bits per heavy atom. The molecule has 0 aromatic carbocycles. The summed E-state index contributed by atoms with van der Waals surface area (Å²) >= 11 is 0. The van der Waals surface area contributed by atoms with Crippen LogP contribution < -0.4 is 0 Å². The van der Waals surface area contributed by atoms with Crippen LogP contribution >= 0.6 is 0 Å². The van der Waals surface area contributed by atoms with Crippen LogP contribution in [0.2, 0.25) is 0 Å². The first kappa shape index (κ1) is 13.2. The maximum atomic E-state index is 11.3. The quantitative estimate of drug-likeness (QED) is 0.515. The van der Waals surface area contributed by atoms with Crippen molar-refractivity contribution in [2.45, 2.75) is 20.3 Å². The molecule has 0 spiro atoms. The third-order valence-electron chi connectivity index (χ3n) is 1.83. The fraction of sp³-hybridized carbons (Fsp3) is 0.667. The molecule has 0 aliphatic heterocycles. The van der Waals surface area contributed by atoms with E-state index in [-0.39, 0.29) is 11.7 Å². The molecule has 0 radical (unpaired) electrons. The van der Waals surface area contributed by atoms with Crippen LogP contribution in [0.4, 0.5) is 0 Å². The predicted molar refractivity (Wildman–Crippen MR) is 54.4 cm³/mol. The molecule has 4 nitrogen and oxygen atoms in total.